The molecule has 0 aromatic rings. The standard InChI is InChI=1S/C34H66NO8P/c1-3-5-7-9-11-13-14-15-16-17-18-19-21-22-24-26-33(36)40-30-32(31-42-44(38,39)41-29-28-35)43-34(37)27-25-23-20-12-10-8-6-4-2/h21-22,32H,3-20,23-31,35H2,1-2H3,(H,38,39)/b22-21+/t32-/m0/s1. The van der Waals surface area contributed by atoms with Gasteiger partial charge in [0, 0.05) is 19.4 Å². The Hall–Kier alpha value is -1.25. The molecule has 44 heavy (non-hydrogen) atoms. The molecule has 3 N–H and O–H groups in total. The second kappa shape index (κ2) is 31.7. The van der Waals surface area contributed by atoms with Crippen molar-refractivity contribution >= 4 is 19.8 Å². The molecule has 0 rings (SSSR count). The van der Waals surface area contributed by atoms with E-state index in [4.69, 9.17) is 24.3 Å². The molecule has 0 spiro atoms. The summed E-state index contributed by atoms with van der Waals surface area (Å²) in [5, 5.41) is 0. The van der Waals surface area contributed by atoms with Crippen molar-refractivity contribution in [1.29, 1.82) is 0 Å². The van der Waals surface area contributed by atoms with Gasteiger partial charge in [-0.15, -0.1) is 0 Å². The van der Waals surface area contributed by atoms with E-state index in [1.54, 1.807) is 0 Å². The van der Waals surface area contributed by atoms with Crippen LogP contribution in [-0.4, -0.2) is 49.3 Å². The van der Waals surface area contributed by atoms with Crippen molar-refractivity contribution < 1.29 is 37.6 Å². The Morgan fingerprint density at radius 2 is 1.16 bits per heavy atom. The van der Waals surface area contributed by atoms with Gasteiger partial charge in [0.1, 0.15) is 6.61 Å². The highest BCUT2D eigenvalue weighted by molar-refractivity contribution is 7.47. The van der Waals surface area contributed by atoms with Crippen LogP contribution in [0.4, 0.5) is 0 Å². The molecule has 2 atom stereocenters. The van der Waals surface area contributed by atoms with Crippen LogP contribution < -0.4 is 5.73 Å². The molecule has 10 heteroatoms. The topological polar surface area (TPSA) is 134 Å². The van der Waals surface area contributed by atoms with Crippen LogP contribution in [0.2, 0.25) is 0 Å². The first-order chi connectivity index (χ1) is 21.3. The van der Waals surface area contributed by atoms with E-state index in [1.165, 1.54) is 89.9 Å². The van der Waals surface area contributed by atoms with Gasteiger partial charge in [-0.25, -0.2) is 4.57 Å². The monoisotopic (exact) mass is 647 g/mol. The van der Waals surface area contributed by atoms with Crippen molar-refractivity contribution in [2.75, 3.05) is 26.4 Å². The van der Waals surface area contributed by atoms with Gasteiger partial charge in [-0.1, -0.05) is 135 Å². The number of phosphoric ester groups is 1. The number of esters is 2. The van der Waals surface area contributed by atoms with E-state index in [-0.39, 0.29) is 32.6 Å². The summed E-state index contributed by atoms with van der Waals surface area (Å²) in [6.07, 6.45) is 28.4. The highest BCUT2D eigenvalue weighted by atomic mass is 31.2. The van der Waals surface area contributed by atoms with Gasteiger partial charge < -0.3 is 20.1 Å². The predicted octanol–water partition coefficient (Wildman–Crippen LogP) is 9.10. The molecule has 0 fully saturated rings. The summed E-state index contributed by atoms with van der Waals surface area (Å²) in [5.74, 6) is -0.887. The normalized spacial score (nSPS) is 13.6. The number of unbranched alkanes of at least 4 members (excludes halogenated alkanes) is 18. The summed E-state index contributed by atoms with van der Waals surface area (Å²) in [4.78, 5) is 34.4. The number of carbonyl (C=O) groups excluding carboxylic acids is 2. The molecule has 9 nitrogen and oxygen atoms in total. The summed E-state index contributed by atoms with van der Waals surface area (Å²) < 4.78 is 32.4. The summed E-state index contributed by atoms with van der Waals surface area (Å²) in [6, 6.07) is 0. The van der Waals surface area contributed by atoms with Crippen molar-refractivity contribution in [2.45, 2.75) is 168 Å². The molecule has 0 heterocycles. The molecule has 1 unspecified atom stereocenters. The Morgan fingerprint density at radius 1 is 0.659 bits per heavy atom. The van der Waals surface area contributed by atoms with Crippen LogP contribution in [0.25, 0.3) is 0 Å². The maximum atomic E-state index is 12.4. The number of rotatable bonds is 33. The Morgan fingerprint density at radius 3 is 1.70 bits per heavy atom. The van der Waals surface area contributed by atoms with Crippen LogP contribution in [0, 0.1) is 0 Å². The zero-order chi connectivity index (χ0) is 32.6. The molecule has 0 aromatic heterocycles. The van der Waals surface area contributed by atoms with Gasteiger partial charge >= 0.3 is 19.8 Å². The molecule has 0 radical (unpaired) electrons. The van der Waals surface area contributed by atoms with Crippen LogP contribution in [-0.2, 0) is 32.7 Å². The van der Waals surface area contributed by atoms with E-state index >= 15 is 0 Å². The van der Waals surface area contributed by atoms with Crippen molar-refractivity contribution in [1.82, 2.24) is 0 Å². The first-order valence-electron chi connectivity index (χ1n) is 17.7. The number of hydrogen-bond donors (Lipinski definition) is 2. The minimum atomic E-state index is -4.36. The van der Waals surface area contributed by atoms with Crippen molar-refractivity contribution in [3.05, 3.63) is 12.2 Å². The third kappa shape index (κ3) is 30.8. The number of phosphoric acid groups is 1. The number of nitrogens with two attached hydrogens (primary N) is 1. The summed E-state index contributed by atoms with van der Waals surface area (Å²) >= 11 is 0. The fourth-order valence-corrected chi connectivity index (χ4v) is 5.53. The molecule has 0 aliphatic heterocycles. The lowest BCUT2D eigenvalue weighted by Crippen LogP contribution is -2.29. The quantitative estimate of drug-likeness (QED) is 0.0309. The van der Waals surface area contributed by atoms with Crippen LogP contribution in [0.15, 0.2) is 12.2 Å². The van der Waals surface area contributed by atoms with Crippen molar-refractivity contribution in [3.63, 3.8) is 0 Å². The maximum absolute atomic E-state index is 12.4. The number of carbonyl (C=O) groups is 2. The average Bonchev–Trinajstić information content (AvgIpc) is 3.00. The third-order valence-electron chi connectivity index (χ3n) is 7.41. The minimum Gasteiger partial charge on any atom is -0.462 e. The Bertz CT molecular complexity index is 749. The number of hydrogen-bond acceptors (Lipinski definition) is 8. The van der Waals surface area contributed by atoms with Gasteiger partial charge in [0.25, 0.3) is 0 Å². The largest absolute Gasteiger partial charge is 0.472 e. The van der Waals surface area contributed by atoms with Crippen LogP contribution in [0.5, 0.6) is 0 Å². The van der Waals surface area contributed by atoms with Gasteiger partial charge in [-0.2, -0.15) is 0 Å². The van der Waals surface area contributed by atoms with Crippen molar-refractivity contribution in [2.24, 2.45) is 5.73 Å². The van der Waals surface area contributed by atoms with E-state index in [0.717, 1.165) is 32.1 Å². The van der Waals surface area contributed by atoms with Gasteiger partial charge in [0.05, 0.1) is 13.2 Å². The molecular formula is C34H66NO8P. The lowest BCUT2D eigenvalue weighted by Gasteiger charge is -2.19. The van der Waals surface area contributed by atoms with Gasteiger partial charge in [-0.05, 0) is 25.7 Å². The lowest BCUT2D eigenvalue weighted by atomic mass is 10.1. The second-order valence-electron chi connectivity index (χ2n) is 11.7. The summed E-state index contributed by atoms with van der Waals surface area (Å²) in [7, 11) is -4.36. The number of ether oxygens (including phenoxy) is 2. The van der Waals surface area contributed by atoms with Crippen LogP contribution in [0.1, 0.15) is 162 Å². The summed E-state index contributed by atoms with van der Waals surface area (Å²) in [6.45, 7) is 3.64. The van der Waals surface area contributed by atoms with E-state index < -0.39 is 32.5 Å². The minimum absolute atomic E-state index is 0.0519. The molecule has 260 valence electrons. The first kappa shape index (κ1) is 42.8. The summed E-state index contributed by atoms with van der Waals surface area (Å²) in [5.41, 5.74) is 5.31. The molecule has 0 aliphatic rings. The SMILES string of the molecule is CCCCCCCCCCCCC/C=C/CCC(=O)OC[C@@H](COP(=O)(O)OCCN)OC(=O)CCCCCCCCCC. The molecule has 0 amide bonds. The van der Waals surface area contributed by atoms with E-state index in [0.29, 0.717) is 12.8 Å². The highest BCUT2D eigenvalue weighted by Crippen LogP contribution is 2.43. The average molecular weight is 648 g/mol. The first-order valence-corrected chi connectivity index (χ1v) is 19.2. The Kier molecular flexibility index (Phi) is 30.8. The van der Waals surface area contributed by atoms with E-state index in [1.807, 2.05) is 6.08 Å². The third-order valence-corrected chi connectivity index (χ3v) is 8.40. The molecule has 0 bridgehead atoms. The van der Waals surface area contributed by atoms with Gasteiger partial charge in [0.2, 0.25) is 0 Å². The van der Waals surface area contributed by atoms with Crippen LogP contribution in [0.3, 0.4) is 0 Å². The Labute approximate surface area is 269 Å². The molecule has 0 saturated carbocycles. The highest BCUT2D eigenvalue weighted by Gasteiger charge is 2.25. The zero-order valence-electron chi connectivity index (χ0n) is 28.2. The molecular weight excluding hydrogens is 581 g/mol. The second-order valence-corrected chi connectivity index (χ2v) is 13.2. The Balaban J connectivity index is 4.24. The van der Waals surface area contributed by atoms with Gasteiger partial charge in [-0.3, -0.25) is 18.6 Å². The molecule has 0 saturated heterocycles. The molecule has 0 aliphatic carbocycles. The van der Waals surface area contributed by atoms with Crippen molar-refractivity contribution in [3.8, 4) is 0 Å². The van der Waals surface area contributed by atoms with Crippen LogP contribution >= 0.6 is 7.82 Å². The lowest BCUT2D eigenvalue weighted by molar-refractivity contribution is -0.161. The predicted molar refractivity (Wildman–Crippen MR) is 178 cm³/mol. The zero-order valence-corrected chi connectivity index (χ0v) is 29.0. The fraction of sp³-hybridized carbons (Fsp3) is 0.882. The maximum Gasteiger partial charge on any atom is 0.472 e. The number of allylic oxidation sites excluding steroid dienone is 2. The fourth-order valence-electron chi connectivity index (χ4n) is 4.77. The van der Waals surface area contributed by atoms with E-state index in [2.05, 4.69) is 19.9 Å². The van der Waals surface area contributed by atoms with E-state index in [9.17, 15) is 19.0 Å². The molecule has 0 aromatic carbocycles. The van der Waals surface area contributed by atoms with Gasteiger partial charge in [0.15, 0.2) is 6.10 Å². The smallest absolute Gasteiger partial charge is 0.462 e.